The van der Waals surface area contributed by atoms with Gasteiger partial charge in [0.1, 0.15) is 0 Å². The van der Waals surface area contributed by atoms with Gasteiger partial charge >= 0.3 is 0 Å². The summed E-state index contributed by atoms with van der Waals surface area (Å²) in [5.41, 5.74) is 4.47. The Morgan fingerprint density at radius 2 is 1.78 bits per heavy atom. The molecular weight excluding hydrogens is 356 g/mol. The minimum absolute atomic E-state index is 0.420. The molecule has 0 amide bonds. The molecule has 5 nitrogen and oxygen atoms in total. The Balaban J connectivity index is 1.53. The lowest BCUT2D eigenvalue weighted by atomic mass is 10.1. The summed E-state index contributed by atoms with van der Waals surface area (Å²) in [5.74, 6) is 0. The van der Waals surface area contributed by atoms with Gasteiger partial charge < -0.3 is 15.4 Å². The molecule has 2 aromatic carbocycles. The monoisotopic (exact) mass is 380 g/mol. The van der Waals surface area contributed by atoms with Crippen LogP contribution in [0.4, 0.5) is 5.69 Å². The van der Waals surface area contributed by atoms with Crippen LogP contribution in [0.25, 0.3) is 0 Å². The van der Waals surface area contributed by atoms with Crippen molar-refractivity contribution in [2.75, 3.05) is 31.6 Å². The van der Waals surface area contributed by atoms with E-state index in [1.54, 1.807) is 0 Å². The van der Waals surface area contributed by atoms with Gasteiger partial charge in [0.05, 0.1) is 25.7 Å². The van der Waals surface area contributed by atoms with Gasteiger partial charge in [-0.1, -0.05) is 36.4 Å². The SMILES string of the molecule is N#CCc1ccc(NC(=S)NCc2ccccc2CN2CCOCC2)cc1. The third kappa shape index (κ3) is 6.04. The van der Waals surface area contributed by atoms with Gasteiger partial charge in [0.15, 0.2) is 5.11 Å². The molecule has 2 N–H and O–H groups in total. The molecule has 0 radical (unpaired) electrons. The molecule has 0 atom stereocenters. The van der Waals surface area contributed by atoms with E-state index in [0.29, 0.717) is 18.1 Å². The van der Waals surface area contributed by atoms with Crippen molar-refractivity contribution in [1.29, 1.82) is 5.26 Å². The van der Waals surface area contributed by atoms with Crippen LogP contribution in [0, 0.1) is 11.3 Å². The van der Waals surface area contributed by atoms with Crippen LogP contribution in [0.15, 0.2) is 48.5 Å². The first-order valence-electron chi connectivity index (χ1n) is 9.12. The Morgan fingerprint density at radius 3 is 2.48 bits per heavy atom. The summed E-state index contributed by atoms with van der Waals surface area (Å²) < 4.78 is 5.43. The zero-order valence-electron chi connectivity index (χ0n) is 15.3. The van der Waals surface area contributed by atoms with Crippen LogP contribution in [0.1, 0.15) is 16.7 Å². The smallest absolute Gasteiger partial charge is 0.171 e. The minimum atomic E-state index is 0.420. The van der Waals surface area contributed by atoms with Crippen molar-refractivity contribution in [1.82, 2.24) is 10.2 Å². The van der Waals surface area contributed by atoms with Gasteiger partial charge in [-0.2, -0.15) is 5.26 Å². The highest BCUT2D eigenvalue weighted by Crippen LogP contribution is 2.14. The first kappa shape index (κ1) is 19.3. The first-order chi connectivity index (χ1) is 13.2. The quantitative estimate of drug-likeness (QED) is 0.751. The summed E-state index contributed by atoms with van der Waals surface area (Å²) in [6, 6.07) is 18.4. The largest absolute Gasteiger partial charge is 0.379 e. The standard InChI is InChI=1S/C21H24N4OS/c22-10-9-17-5-7-20(8-6-17)24-21(27)23-15-18-3-1-2-4-19(18)16-25-11-13-26-14-12-25/h1-8H,9,11-16H2,(H2,23,24,27). The average Bonchev–Trinajstić information content (AvgIpc) is 2.70. The second-order valence-electron chi connectivity index (χ2n) is 6.50. The van der Waals surface area contributed by atoms with Crippen LogP contribution >= 0.6 is 12.2 Å². The molecule has 6 heteroatoms. The Labute approximate surface area is 165 Å². The molecular formula is C21H24N4OS. The van der Waals surface area contributed by atoms with Gasteiger partial charge in [0.25, 0.3) is 0 Å². The number of benzene rings is 2. The van der Waals surface area contributed by atoms with Crippen LogP contribution in [0.5, 0.6) is 0 Å². The minimum Gasteiger partial charge on any atom is -0.379 e. The molecule has 3 rings (SSSR count). The van der Waals surface area contributed by atoms with E-state index >= 15 is 0 Å². The highest BCUT2D eigenvalue weighted by Gasteiger charge is 2.12. The van der Waals surface area contributed by atoms with Gasteiger partial charge in [-0.15, -0.1) is 0 Å². The molecule has 1 heterocycles. The van der Waals surface area contributed by atoms with Crippen molar-refractivity contribution in [2.45, 2.75) is 19.5 Å². The maximum absolute atomic E-state index is 8.73. The third-order valence-electron chi connectivity index (χ3n) is 4.55. The maximum Gasteiger partial charge on any atom is 0.171 e. The Kier molecular flexibility index (Phi) is 7.17. The molecule has 0 unspecified atom stereocenters. The molecule has 1 saturated heterocycles. The van der Waals surface area contributed by atoms with Crippen molar-refractivity contribution in [3.8, 4) is 6.07 Å². The Morgan fingerprint density at radius 1 is 1.07 bits per heavy atom. The fourth-order valence-electron chi connectivity index (χ4n) is 3.03. The predicted molar refractivity (Wildman–Crippen MR) is 111 cm³/mol. The second kappa shape index (κ2) is 10.0. The molecule has 0 aliphatic carbocycles. The number of anilines is 1. The molecule has 1 aliphatic heterocycles. The number of morpholine rings is 1. The first-order valence-corrected chi connectivity index (χ1v) is 9.53. The summed E-state index contributed by atoms with van der Waals surface area (Å²) in [5, 5.41) is 15.8. The van der Waals surface area contributed by atoms with E-state index in [4.69, 9.17) is 22.2 Å². The zero-order chi connectivity index (χ0) is 18.9. The summed E-state index contributed by atoms with van der Waals surface area (Å²) in [6.07, 6.45) is 0.420. The highest BCUT2D eigenvalue weighted by atomic mass is 32.1. The average molecular weight is 381 g/mol. The van der Waals surface area contributed by atoms with Crippen LogP contribution in [-0.4, -0.2) is 36.3 Å². The summed E-state index contributed by atoms with van der Waals surface area (Å²) in [6.45, 7) is 5.18. The lowest BCUT2D eigenvalue weighted by molar-refractivity contribution is 0.0341. The van der Waals surface area contributed by atoms with E-state index in [0.717, 1.165) is 44.1 Å². The number of hydrogen-bond donors (Lipinski definition) is 2. The van der Waals surface area contributed by atoms with Gasteiger partial charge in [-0.05, 0) is 41.0 Å². The highest BCUT2D eigenvalue weighted by molar-refractivity contribution is 7.80. The number of rotatable bonds is 6. The number of ether oxygens (including phenoxy) is 1. The van der Waals surface area contributed by atoms with E-state index in [1.807, 2.05) is 24.3 Å². The van der Waals surface area contributed by atoms with Gasteiger partial charge in [0.2, 0.25) is 0 Å². The topological polar surface area (TPSA) is 60.3 Å². The van der Waals surface area contributed by atoms with E-state index in [2.05, 4.69) is 45.9 Å². The number of hydrogen-bond acceptors (Lipinski definition) is 4. The van der Waals surface area contributed by atoms with Crippen molar-refractivity contribution in [3.05, 3.63) is 65.2 Å². The van der Waals surface area contributed by atoms with E-state index in [9.17, 15) is 0 Å². The van der Waals surface area contributed by atoms with Gasteiger partial charge in [-0.3, -0.25) is 4.90 Å². The van der Waals surface area contributed by atoms with Crippen LogP contribution in [0.2, 0.25) is 0 Å². The molecule has 0 bridgehead atoms. The predicted octanol–water partition coefficient (Wildman–Crippen LogP) is 3.07. The molecule has 1 aliphatic rings. The van der Waals surface area contributed by atoms with Crippen LogP contribution in [0.3, 0.4) is 0 Å². The molecule has 2 aromatic rings. The second-order valence-corrected chi connectivity index (χ2v) is 6.90. The molecule has 0 spiro atoms. The fourth-order valence-corrected chi connectivity index (χ4v) is 3.22. The van der Waals surface area contributed by atoms with Crippen molar-refractivity contribution >= 4 is 23.0 Å². The maximum atomic E-state index is 8.73. The number of thiocarbonyl (C=S) groups is 1. The van der Waals surface area contributed by atoms with E-state index in [1.165, 1.54) is 11.1 Å². The summed E-state index contributed by atoms with van der Waals surface area (Å²) in [7, 11) is 0. The normalized spacial score (nSPS) is 14.3. The number of nitrogens with one attached hydrogen (secondary N) is 2. The van der Waals surface area contributed by atoms with E-state index in [-0.39, 0.29) is 0 Å². The van der Waals surface area contributed by atoms with E-state index < -0.39 is 0 Å². The molecule has 0 saturated carbocycles. The van der Waals surface area contributed by atoms with Crippen molar-refractivity contribution in [2.24, 2.45) is 0 Å². The molecule has 140 valence electrons. The lowest BCUT2D eigenvalue weighted by Crippen LogP contribution is -2.36. The lowest BCUT2D eigenvalue weighted by Gasteiger charge is -2.27. The van der Waals surface area contributed by atoms with Gasteiger partial charge in [-0.25, -0.2) is 0 Å². The van der Waals surface area contributed by atoms with Gasteiger partial charge in [0, 0.05) is 31.9 Å². The summed E-state index contributed by atoms with van der Waals surface area (Å²) >= 11 is 5.42. The van der Waals surface area contributed by atoms with Crippen molar-refractivity contribution < 1.29 is 4.74 Å². The zero-order valence-corrected chi connectivity index (χ0v) is 16.1. The summed E-state index contributed by atoms with van der Waals surface area (Å²) in [4.78, 5) is 2.42. The molecule has 27 heavy (non-hydrogen) atoms. The molecule has 1 fully saturated rings. The Hall–Kier alpha value is -2.46. The van der Waals surface area contributed by atoms with Crippen LogP contribution < -0.4 is 10.6 Å². The molecule has 0 aromatic heterocycles. The van der Waals surface area contributed by atoms with Crippen molar-refractivity contribution in [3.63, 3.8) is 0 Å². The van der Waals surface area contributed by atoms with Crippen LogP contribution in [-0.2, 0) is 24.2 Å². The number of nitrogens with zero attached hydrogens (tertiary/aromatic N) is 2. The fraction of sp³-hybridized carbons (Fsp3) is 0.333. The Bertz CT molecular complexity index is 795. The third-order valence-corrected chi connectivity index (χ3v) is 4.80. The number of nitriles is 1.